The number of nitro benzene ring substituents is 1. The number of non-ortho nitro benzene ring substituents is 1. The molecule has 3 aromatic rings. The Morgan fingerprint density at radius 2 is 2.00 bits per heavy atom. The lowest BCUT2D eigenvalue weighted by Crippen LogP contribution is -2.18. The number of nitrogens with one attached hydrogen (secondary N) is 2. The van der Waals surface area contributed by atoms with Gasteiger partial charge < -0.3 is 0 Å². The van der Waals surface area contributed by atoms with E-state index in [4.69, 9.17) is 12.2 Å². The highest BCUT2D eigenvalue weighted by atomic mass is 32.1. The summed E-state index contributed by atoms with van der Waals surface area (Å²) >= 11 is 4.87. The number of hydrogen-bond donors (Lipinski definition) is 2. The Hall–Kier alpha value is -2.81. The Kier molecular flexibility index (Phi) is 2.68. The van der Waals surface area contributed by atoms with Crippen molar-refractivity contribution in [3.63, 3.8) is 0 Å². The normalized spacial score (nSPS) is 10.8. The number of fused-ring (bicyclic) bond motifs is 1. The molecule has 0 aliphatic rings. The fourth-order valence-corrected chi connectivity index (χ4v) is 2.06. The molecule has 0 aliphatic heterocycles. The molecule has 8 nitrogen and oxygen atoms in total. The molecule has 2 heterocycles. The highest BCUT2D eigenvalue weighted by Crippen LogP contribution is 2.24. The molecule has 0 fully saturated rings. The second-order valence-electron chi connectivity index (χ2n) is 4.00. The number of hydrogen-bond acceptors (Lipinski definition) is 5. The molecular weight excluding hydrogens is 282 g/mol. The van der Waals surface area contributed by atoms with Gasteiger partial charge in [-0.15, -0.1) is 0 Å². The SMILES string of the molecule is O=c1[nH]c(=S)nc2c(-c3ccc([N+](=O)[O-])cc3)c[nH]n12. The van der Waals surface area contributed by atoms with Gasteiger partial charge in [-0.1, -0.05) is 0 Å². The topological polar surface area (TPSA) is 109 Å². The average molecular weight is 289 g/mol. The molecule has 0 spiro atoms. The predicted molar refractivity (Wildman–Crippen MR) is 73.1 cm³/mol. The summed E-state index contributed by atoms with van der Waals surface area (Å²) < 4.78 is 1.30. The second kappa shape index (κ2) is 4.38. The molecule has 0 radical (unpaired) electrons. The van der Waals surface area contributed by atoms with Crippen LogP contribution in [-0.2, 0) is 0 Å². The number of aromatic nitrogens is 4. The maximum Gasteiger partial charge on any atom is 0.348 e. The zero-order chi connectivity index (χ0) is 14.3. The van der Waals surface area contributed by atoms with Crippen molar-refractivity contribution in [1.82, 2.24) is 19.6 Å². The predicted octanol–water partition coefficient (Wildman–Crippen LogP) is 1.66. The lowest BCUT2D eigenvalue weighted by Gasteiger charge is -1.98. The molecule has 0 amide bonds. The number of nitrogens with zero attached hydrogens (tertiary/aromatic N) is 3. The minimum Gasteiger partial charge on any atom is -0.295 e. The van der Waals surface area contributed by atoms with E-state index >= 15 is 0 Å². The summed E-state index contributed by atoms with van der Waals surface area (Å²) in [6.07, 6.45) is 1.59. The molecule has 0 saturated heterocycles. The Morgan fingerprint density at radius 1 is 1.30 bits per heavy atom. The van der Waals surface area contributed by atoms with Crippen LogP contribution in [0.1, 0.15) is 0 Å². The third-order valence-electron chi connectivity index (χ3n) is 2.80. The first-order valence-electron chi connectivity index (χ1n) is 5.51. The molecule has 0 atom stereocenters. The number of nitro groups is 1. The third kappa shape index (κ3) is 1.89. The van der Waals surface area contributed by atoms with E-state index in [1.807, 2.05) is 0 Å². The van der Waals surface area contributed by atoms with Gasteiger partial charge in [0.25, 0.3) is 5.69 Å². The van der Waals surface area contributed by atoms with Crippen molar-refractivity contribution in [3.05, 3.63) is 55.8 Å². The molecule has 1 aromatic carbocycles. The highest BCUT2D eigenvalue weighted by Gasteiger charge is 2.11. The molecule has 0 aliphatic carbocycles. The van der Waals surface area contributed by atoms with Gasteiger partial charge in [0.2, 0.25) is 4.77 Å². The van der Waals surface area contributed by atoms with Crippen molar-refractivity contribution < 1.29 is 4.92 Å². The number of H-pyrrole nitrogens is 2. The lowest BCUT2D eigenvalue weighted by molar-refractivity contribution is -0.384. The fourth-order valence-electron chi connectivity index (χ4n) is 1.89. The zero-order valence-electron chi connectivity index (χ0n) is 9.86. The van der Waals surface area contributed by atoms with Crippen LogP contribution in [0.25, 0.3) is 16.8 Å². The summed E-state index contributed by atoms with van der Waals surface area (Å²) in [6, 6.07) is 5.96. The van der Waals surface area contributed by atoms with E-state index < -0.39 is 10.6 Å². The van der Waals surface area contributed by atoms with Gasteiger partial charge in [0, 0.05) is 23.9 Å². The van der Waals surface area contributed by atoms with Gasteiger partial charge in [-0.2, -0.15) is 9.50 Å². The Morgan fingerprint density at radius 3 is 2.65 bits per heavy atom. The second-order valence-corrected chi connectivity index (χ2v) is 4.38. The van der Waals surface area contributed by atoms with Crippen molar-refractivity contribution in [2.75, 3.05) is 0 Å². The van der Waals surface area contributed by atoms with Gasteiger partial charge in [-0.3, -0.25) is 20.2 Å². The van der Waals surface area contributed by atoms with Crippen LogP contribution in [0.4, 0.5) is 5.69 Å². The van der Waals surface area contributed by atoms with Gasteiger partial charge in [0.05, 0.1) is 4.92 Å². The van der Waals surface area contributed by atoms with Gasteiger partial charge in [0.15, 0.2) is 5.65 Å². The quantitative estimate of drug-likeness (QED) is 0.423. The Labute approximate surface area is 115 Å². The summed E-state index contributed by atoms with van der Waals surface area (Å²) in [6.45, 7) is 0. The first kappa shape index (κ1) is 12.2. The molecular formula is C11H7N5O3S. The van der Waals surface area contributed by atoms with Crippen LogP contribution < -0.4 is 5.69 Å². The summed E-state index contributed by atoms with van der Waals surface area (Å²) in [5.41, 5.74) is 1.27. The first-order chi connectivity index (χ1) is 9.56. The van der Waals surface area contributed by atoms with Crippen LogP contribution in [0, 0.1) is 14.9 Å². The number of benzene rings is 1. The van der Waals surface area contributed by atoms with Crippen molar-refractivity contribution in [1.29, 1.82) is 0 Å². The third-order valence-corrected chi connectivity index (χ3v) is 3.00. The van der Waals surface area contributed by atoms with Gasteiger partial charge in [0.1, 0.15) is 0 Å². The highest BCUT2D eigenvalue weighted by molar-refractivity contribution is 7.71. The first-order valence-corrected chi connectivity index (χ1v) is 5.92. The van der Waals surface area contributed by atoms with E-state index in [1.54, 1.807) is 18.3 Å². The van der Waals surface area contributed by atoms with Gasteiger partial charge in [-0.25, -0.2) is 4.79 Å². The van der Waals surface area contributed by atoms with E-state index in [0.29, 0.717) is 16.8 Å². The minimum atomic E-state index is -0.474. The smallest absolute Gasteiger partial charge is 0.295 e. The molecule has 0 saturated carbocycles. The molecule has 20 heavy (non-hydrogen) atoms. The largest absolute Gasteiger partial charge is 0.348 e. The van der Waals surface area contributed by atoms with Crippen molar-refractivity contribution in [2.24, 2.45) is 0 Å². The van der Waals surface area contributed by atoms with E-state index in [9.17, 15) is 14.9 Å². The Balaban J connectivity index is 2.22. The monoisotopic (exact) mass is 289 g/mol. The van der Waals surface area contributed by atoms with Crippen LogP contribution in [-0.4, -0.2) is 24.5 Å². The van der Waals surface area contributed by atoms with Crippen molar-refractivity contribution in [3.8, 4) is 11.1 Å². The van der Waals surface area contributed by atoms with Gasteiger partial charge >= 0.3 is 5.69 Å². The maximum atomic E-state index is 11.7. The minimum absolute atomic E-state index is 0.00370. The lowest BCUT2D eigenvalue weighted by atomic mass is 10.1. The number of aromatic amines is 2. The molecule has 0 unspecified atom stereocenters. The molecule has 100 valence electrons. The van der Waals surface area contributed by atoms with Crippen LogP contribution >= 0.6 is 12.2 Å². The summed E-state index contributed by atoms with van der Waals surface area (Å²) in [7, 11) is 0. The van der Waals surface area contributed by atoms with Crippen LogP contribution in [0.3, 0.4) is 0 Å². The van der Waals surface area contributed by atoms with Gasteiger partial charge in [-0.05, 0) is 29.9 Å². The molecule has 2 aromatic heterocycles. The van der Waals surface area contributed by atoms with Crippen LogP contribution in [0.15, 0.2) is 35.3 Å². The standard InChI is InChI=1S/C11H7N5O3S/c17-11-14-10(20)13-9-8(5-12-15(9)11)6-1-3-7(4-2-6)16(18)19/h1-5,12H,(H,14,17,20). The summed E-state index contributed by atoms with van der Waals surface area (Å²) in [5, 5.41) is 13.4. The maximum absolute atomic E-state index is 11.7. The van der Waals surface area contributed by atoms with E-state index in [-0.39, 0.29) is 10.5 Å². The van der Waals surface area contributed by atoms with E-state index in [2.05, 4.69) is 15.1 Å². The molecule has 3 rings (SSSR count). The molecule has 2 N–H and O–H groups in total. The number of rotatable bonds is 2. The fraction of sp³-hybridized carbons (Fsp3) is 0. The van der Waals surface area contributed by atoms with Crippen molar-refractivity contribution >= 4 is 23.6 Å². The molecule has 0 bridgehead atoms. The van der Waals surface area contributed by atoms with E-state index in [0.717, 1.165) is 0 Å². The Bertz CT molecular complexity index is 922. The summed E-state index contributed by atoms with van der Waals surface area (Å²) in [4.78, 5) is 28.3. The van der Waals surface area contributed by atoms with Crippen LogP contribution in [0.5, 0.6) is 0 Å². The van der Waals surface area contributed by atoms with E-state index in [1.165, 1.54) is 16.6 Å². The van der Waals surface area contributed by atoms with Crippen molar-refractivity contribution in [2.45, 2.75) is 0 Å². The molecule has 9 heteroatoms. The van der Waals surface area contributed by atoms with Crippen LogP contribution in [0.2, 0.25) is 0 Å². The zero-order valence-corrected chi connectivity index (χ0v) is 10.7. The summed E-state index contributed by atoms with van der Waals surface area (Å²) in [5.74, 6) is 0. The average Bonchev–Trinajstić information content (AvgIpc) is 2.82.